The maximum Gasteiger partial charge on any atom is 0.435 e. The van der Waals surface area contributed by atoms with Gasteiger partial charge >= 0.3 is 73.3 Å². The summed E-state index contributed by atoms with van der Waals surface area (Å²) < 4.78 is 318. The number of amides is 1. The summed E-state index contributed by atoms with van der Waals surface area (Å²) in [6.07, 6.45) is -24.3. The van der Waals surface area contributed by atoms with Crippen molar-refractivity contribution in [2.45, 2.75) is 305 Å². The standard InChI is InChI=1S/C19H26ClN3O3.C14H21F3N2O3.C10H11Cl2NO2.C9H13F3N2O.C9H13NO3.C6H8F3N.C6H11F3O3S.C6H9F3O2.C6H11F3O.C5H9F3O/c1-18(2,3)10-12-25-15-9-11-23(22-15)14-8-7-13(16(20)21-14)17(24)26-19(4,5)6;1-12(2,3)22-11(20)19-8-6-10(18-19)21-9-7-13(4,5)14(15,16)17;1-10(2,3)15-9(14)6-4-5-7(11)13-8(6)12;1-8(2,9(10,11)12)4-6-15-7-3-5-13-14-7;1-9(2,3)13-8(12)10-5-4-7(11)6-10;1-5(2,3-4-10)6(7,8)9;1-5(2,6(7,8)9)4-12-13(3,10)11;1-5(2,3-4(10)11)6(7,8)9;1-5(2,3-4-10)6(7,8)9;1-4(2,3-9)5(6,7)8/h7-9,11H,10,12H2,1-6H3;6,8H,7,9H2,1-5H3;4-5H,1-3H3;3,5H,4,6H2,1-2H3,(H,13,14);4-5H,6H2,1-3H3;3H2,1-2H3;4H2,1-3H3;3H2,1-2H3,(H,10,11);10H,3-4H2,1-2H3;9H,3H2,1-2H3. The SMILES string of the molecule is CC(C)(C)CCOc1ccn(-c2ccc(C(=O)OC(C)(C)C)c(Cl)n2)n1.CC(C)(C)OC(=O)N1C=CC(=O)C1.CC(C)(C)OC(=O)c1ccc(Cl)nc1Cl.CC(C)(C)OC(=O)n1ccc(OCCC(C)(C)C(F)(F)F)n1.CC(C)(CC#N)C(F)(F)F.CC(C)(CC(=O)O)C(F)(F)F.CC(C)(CCO)C(F)(F)F.CC(C)(CCOc1ccn[nH]1)C(F)(F)F.CC(C)(CO)C(F)(F)F.CC(C)(COS(C)(=O)=O)C(F)(F)F. The largest absolute Gasteiger partial charge is 0.481 e. The van der Waals surface area contributed by atoms with Crippen LogP contribution in [0.25, 0.3) is 5.82 Å². The van der Waals surface area contributed by atoms with Crippen molar-refractivity contribution in [3.63, 3.8) is 0 Å². The Hall–Kier alpha value is -9.39. The van der Waals surface area contributed by atoms with Crippen LogP contribution in [-0.4, -0.2) is 222 Å². The van der Waals surface area contributed by atoms with E-state index in [1.807, 2.05) is 0 Å². The molecule has 0 aromatic carbocycles. The highest BCUT2D eigenvalue weighted by Crippen LogP contribution is 2.45. The minimum Gasteiger partial charge on any atom is -0.481 e. The van der Waals surface area contributed by atoms with E-state index in [1.54, 1.807) is 118 Å². The summed E-state index contributed by atoms with van der Waals surface area (Å²) in [4.78, 5) is 76.8. The first-order valence-corrected chi connectivity index (χ1v) is 45.8. The van der Waals surface area contributed by atoms with Crippen molar-refractivity contribution in [2.24, 2.45) is 43.3 Å². The fourth-order valence-corrected chi connectivity index (χ4v) is 8.81. The number of aliphatic hydroxyl groups is 2. The monoisotopic (exact) mass is 2190 g/mol. The average Bonchev–Trinajstić information content (AvgIpc) is 1.63. The van der Waals surface area contributed by atoms with Gasteiger partial charge in [-0.1, -0.05) is 125 Å². The lowest BCUT2D eigenvalue weighted by Gasteiger charge is -2.27. The van der Waals surface area contributed by atoms with Gasteiger partial charge in [0.15, 0.2) is 11.6 Å². The number of H-pyrrole nitrogens is 1. The zero-order valence-electron chi connectivity index (χ0n) is 85.5. The van der Waals surface area contributed by atoms with Crippen LogP contribution in [0.5, 0.6) is 17.6 Å². The van der Waals surface area contributed by atoms with Crippen LogP contribution in [0.3, 0.4) is 0 Å². The van der Waals surface area contributed by atoms with E-state index >= 15 is 0 Å². The van der Waals surface area contributed by atoms with Crippen LogP contribution in [0.4, 0.5) is 102 Å². The third-order valence-electron chi connectivity index (χ3n) is 18.0. The number of aromatic nitrogens is 8. The molecule has 1 aliphatic rings. The molecular formula is C90H132Cl3F21N10O19S. The summed E-state index contributed by atoms with van der Waals surface area (Å²) in [5.41, 5.74) is -15.2. The number of halogens is 24. The maximum absolute atomic E-state index is 12.7. The highest BCUT2D eigenvalue weighted by Gasteiger charge is 2.53. The summed E-state index contributed by atoms with van der Waals surface area (Å²) in [5, 5.41) is 47.2. The number of pyridine rings is 2. The van der Waals surface area contributed by atoms with E-state index < -0.39 is 176 Å². The molecule has 1 aliphatic heterocycles. The number of nitrogens with one attached hydrogen (secondary N) is 1. The molecule has 6 rings (SSSR count). The Bertz CT molecular complexity index is 4950. The predicted molar refractivity (Wildman–Crippen MR) is 491 cm³/mol. The van der Waals surface area contributed by atoms with Crippen molar-refractivity contribution >= 4 is 80.8 Å². The Kier molecular flexibility index (Phi) is 54.9. The highest BCUT2D eigenvalue weighted by atomic mass is 35.5. The van der Waals surface area contributed by atoms with Crippen molar-refractivity contribution in [3.8, 4) is 29.5 Å². The van der Waals surface area contributed by atoms with E-state index in [2.05, 4.69) is 55.3 Å². The van der Waals surface area contributed by atoms with Crippen LogP contribution in [0, 0.1) is 54.7 Å². The van der Waals surface area contributed by atoms with E-state index in [1.165, 1.54) is 53.8 Å². The number of carboxylic acid groups (broad SMARTS) is 1. The summed E-state index contributed by atoms with van der Waals surface area (Å²) >= 11 is 17.5. The number of nitrogens with zero attached hydrogens (tertiary/aromatic N) is 9. The lowest BCUT2D eigenvalue weighted by Crippen LogP contribution is -2.37. The molecule has 0 atom stereocenters. The highest BCUT2D eigenvalue weighted by molar-refractivity contribution is 7.86. The Morgan fingerprint density at radius 3 is 1.16 bits per heavy atom. The number of aliphatic carboxylic acids is 1. The third kappa shape index (κ3) is 58.8. The fraction of sp³-hybridized carbons (Fsp3) is 0.689. The van der Waals surface area contributed by atoms with Gasteiger partial charge < -0.3 is 48.5 Å². The van der Waals surface area contributed by atoms with Gasteiger partial charge in [0.05, 0.1) is 114 Å². The van der Waals surface area contributed by atoms with E-state index in [0.717, 1.165) is 108 Å². The van der Waals surface area contributed by atoms with E-state index in [4.69, 9.17) is 88.5 Å². The minimum atomic E-state index is -4.47. The van der Waals surface area contributed by atoms with Gasteiger partial charge in [-0.2, -0.15) is 116 Å². The van der Waals surface area contributed by atoms with Crippen molar-refractivity contribution in [1.82, 2.24) is 44.6 Å². The molecule has 0 saturated carbocycles. The number of hydrogen-bond acceptors (Lipinski definition) is 24. The first-order valence-electron chi connectivity index (χ1n) is 42.8. The second-order valence-electron chi connectivity index (χ2n) is 41.0. The molecule has 0 aliphatic carbocycles. The molecule has 0 bridgehead atoms. The quantitative estimate of drug-likeness (QED) is 0.0155. The van der Waals surface area contributed by atoms with Gasteiger partial charge in [-0.3, -0.25) is 18.7 Å². The second kappa shape index (κ2) is 56.1. The number of hydrogen-bond donors (Lipinski definition) is 4. The number of aromatic amines is 1. The molecule has 0 unspecified atom stereocenters. The number of alkyl halides is 21. The summed E-state index contributed by atoms with van der Waals surface area (Å²) in [6, 6.07) is 12.4. The van der Waals surface area contributed by atoms with Crippen LogP contribution in [0.15, 0.2) is 73.3 Å². The predicted octanol–water partition coefficient (Wildman–Crippen LogP) is 25.8. The molecule has 0 spiro atoms. The fourth-order valence-electron chi connectivity index (χ4n) is 7.65. The third-order valence-corrected chi connectivity index (χ3v) is 19.3. The van der Waals surface area contributed by atoms with Crippen LogP contribution in [0.1, 0.15) is 260 Å². The first kappa shape index (κ1) is 141. The van der Waals surface area contributed by atoms with E-state index in [-0.39, 0.29) is 82.7 Å². The van der Waals surface area contributed by atoms with E-state index in [0.29, 0.717) is 30.4 Å². The number of esters is 2. The minimum absolute atomic E-state index is 0.00863. The molecule has 4 N–H and O–H groups in total. The number of ketones is 1. The summed E-state index contributed by atoms with van der Waals surface area (Å²) in [5.74, 6) is -1.06. The van der Waals surface area contributed by atoms with Crippen molar-refractivity contribution < 1.29 is 182 Å². The topological polar surface area (TPSA) is 388 Å². The Balaban J connectivity index is -0.000000771. The van der Waals surface area contributed by atoms with Gasteiger partial charge in [0, 0.05) is 49.8 Å². The number of carboxylic acids is 1. The lowest BCUT2D eigenvalue weighted by molar-refractivity contribution is -0.222. The van der Waals surface area contributed by atoms with Gasteiger partial charge in [0.2, 0.25) is 17.6 Å². The number of ether oxygens (including phenoxy) is 7. The molecule has 830 valence electrons. The first-order chi connectivity index (χ1) is 63.8. The molecule has 0 fully saturated rings. The molecule has 1 amide bonds. The average molecular weight is 2200 g/mol. The molecule has 6 heterocycles. The molecule has 5 aromatic heterocycles. The van der Waals surface area contributed by atoms with Gasteiger partial charge in [-0.15, -0.1) is 10.2 Å². The lowest BCUT2D eigenvalue weighted by atomic mass is 9.89. The number of carbonyl (C=O) groups is 6. The van der Waals surface area contributed by atoms with Gasteiger partial charge in [-0.25, -0.2) is 38.9 Å². The number of aliphatic hydroxyl groups excluding tert-OH is 2. The van der Waals surface area contributed by atoms with Crippen LogP contribution in [-0.2, 0) is 42.8 Å². The Labute approximate surface area is 839 Å². The molecule has 29 nitrogen and oxygen atoms in total. The van der Waals surface area contributed by atoms with Gasteiger partial charge in [0.1, 0.15) is 37.9 Å². The second-order valence-corrected chi connectivity index (χ2v) is 43.8. The van der Waals surface area contributed by atoms with Crippen LogP contribution in [0.2, 0.25) is 15.5 Å². The summed E-state index contributed by atoms with van der Waals surface area (Å²) in [6.45, 7) is 40.1. The van der Waals surface area contributed by atoms with Crippen LogP contribution < -0.4 is 14.2 Å². The molecule has 0 saturated heterocycles. The molecule has 5 aromatic rings. The van der Waals surface area contributed by atoms with Gasteiger partial charge in [-0.05, 0) is 172 Å². The molecule has 0 radical (unpaired) electrons. The van der Waals surface area contributed by atoms with Gasteiger partial charge in [0.25, 0.3) is 10.1 Å². The molecular weight excluding hydrogens is 2060 g/mol. The zero-order valence-corrected chi connectivity index (χ0v) is 88.6. The Morgan fingerprint density at radius 2 is 0.847 bits per heavy atom. The maximum atomic E-state index is 12.7. The molecule has 54 heteroatoms. The van der Waals surface area contributed by atoms with Crippen molar-refractivity contribution in [1.29, 1.82) is 5.26 Å². The van der Waals surface area contributed by atoms with Crippen molar-refractivity contribution in [3.05, 3.63) is 99.9 Å². The smallest absolute Gasteiger partial charge is 0.435 e. The Morgan fingerprint density at radius 1 is 0.465 bits per heavy atom. The number of rotatable bonds is 23. The van der Waals surface area contributed by atoms with Crippen molar-refractivity contribution in [2.75, 3.05) is 52.4 Å². The normalized spacial score (nSPS) is 13.2. The van der Waals surface area contributed by atoms with Crippen LogP contribution >= 0.6 is 34.8 Å². The molecule has 144 heavy (non-hydrogen) atoms. The summed E-state index contributed by atoms with van der Waals surface area (Å²) in [7, 11) is -3.82. The number of carbonyl (C=O) groups excluding carboxylic acids is 5. The number of nitriles is 1. The van der Waals surface area contributed by atoms with E-state index in [9.17, 15) is 129 Å². The zero-order chi connectivity index (χ0) is 115.